The molecule has 0 bridgehead atoms. The molecule has 0 atom stereocenters. The first-order valence-corrected chi connectivity index (χ1v) is 5.89. The lowest BCUT2D eigenvalue weighted by Crippen LogP contribution is -2.38. The summed E-state index contributed by atoms with van der Waals surface area (Å²) in [7, 11) is -2.09. The first kappa shape index (κ1) is 12.2. The van der Waals surface area contributed by atoms with Crippen LogP contribution in [-0.4, -0.2) is 23.1 Å². The van der Waals surface area contributed by atoms with Gasteiger partial charge in [0.05, 0.1) is 0 Å². The summed E-state index contributed by atoms with van der Waals surface area (Å²) in [5.74, 6) is 0. The third kappa shape index (κ3) is 4.94. The van der Waals surface area contributed by atoms with Gasteiger partial charge >= 0.3 is 7.62 Å². The van der Waals surface area contributed by atoms with Crippen LogP contribution in [0, 0.1) is 0 Å². The summed E-state index contributed by atoms with van der Waals surface area (Å²) in [5.41, 5.74) is 0.903. The average Bonchev–Trinajstić information content (AvgIpc) is 2.25. The van der Waals surface area contributed by atoms with Gasteiger partial charge < -0.3 is 4.65 Å². The van der Waals surface area contributed by atoms with Crippen LogP contribution < -0.4 is 9.36 Å². The Morgan fingerprint density at radius 3 is 2.60 bits per heavy atom. The van der Waals surface area contributed by atoms with Gasteiger partial charge in [0.15, 0.2) is 0 Å². The highest BCUT2D eigenvalue weighted by Gasteiger charge is 2.08. The molecular weight excluding hydrogens is 215 g/mol. The quantitative estimate of drug-likeness (QED) is 0.646. The normalized spacial score (nSPS) is 11.3. The standard InChI is InChI=1S/C8H13BN2O3S/c1-14-9-11-15(12,13)10-7-8-5-3-2-4-6-8/h2-6,9-11H,7H2,1H3. The van der Waals surface area contributed by atoms with Crippen molar-refractivity contribution in [1.29, 1.82) is 0 Å². The van der Waals surface area contributed by atoms with Crippen molar-refractivity contribution in [3.63, 3.8) is 0 Å². The first-order chi connectivity index (χ1) is 7.14. The molecule has 0 heterocycles. The highest BCUT2D eigenvalue weighted by molar-refractivity contribution is 7.88. The molecule has 0 fully saturated rings. The van der Waals surface area contributed by atoms with Crippen molar-refractivity contribution in [3.05, 3.63) is 35.9 Å². The van der Waals surface area contributed by atoms with Gasteiger partial charge in [-0.15, -0.1) is 0 Å². The van der Waals surface area contributed by atoms with Crippen LogP contribution in [0.1, 0.15) is 5.56 Å². The van der Waals surface area contributed by atoms with Crippen LogP contribution in [0.2, 0.25) is 0 Å². The zero-order valence-corrected chi connectivity index (χ0v) is 9.25. The molecule has 0 unspecified atom stereocenters. The molecule has 82 valence electrons. The zero-order chi connectivity index (χ0) is 11.1. The van der Waals surface area contributed by atoms with Crippen molar-refractivity contribution in [1.82, 2.24) is 9.36 Å². The van der Waals surface area contributed by atoms with Crippen molar-refractivity contribution in [3.8, 4) is 0 Å². The Bertz CT molecular complexity index is 382. The third-order valence-corrected chi connectivity index (χ3v) is 2.72. The van der Waals surface area contributed by atoms with Crippen molar-refractivity contribution in [2.75, 3.05) is 7.11 Å². The summed E-state index contributed by atoms with van der Waals surface area (Å²) in [4.78, 5) is 0. The number of hydrogen-bond donors (Lipinski definition) is 2. The van der Waals surface area contributed by atoms with E-state index >= 15 is 0 Å². The van der Waals surface area contributed by atoms with Gasteiger partial charge in [0.1, 0.15) is 0 Å². The predicted molar refractivity (Wildman–Crippen MR) is 59.5 cm³/mol. The van der Waals surface area contributed by atoms with Crippen molar-refractivity contribution in [2.24, 2.45) is 0 Å². The van der Waals surface area contributed by atoms with E-state index in [-0.39, 0.29) is 14.2 Å². The maximum Gasteiger partial charge on any atom is 0.375 e. The number of benzene rings is 1. The van der Waals surface area contributed by atoms with E-state index in [0.29, 0.717) is 0 Å². The maximum absolute atomic E-state index is 11.3. The monoisotopic (exact) mass is 228 g/mol. The van der Waals surface area contributed by atoms with Crippen LogP contribution in [0.4, 0.5) is 0 Å². The maximum atomic E-state index is 11.3. The number of hydrogen-bond acceptors (Lipinski definition) is 3. The van der Waals surface area contributed by atoms with Gasteiger partial charge in [-0.25, -0.2) is 4.63 Å². The van der Waals surface area contributed by atoms with Crippen LogP contribution in [0.25, 0.3) is 0 Å². The van der Waals surface area contributed by atoms with E-state index in [9.17, 15) is 8.42 Å². The SMILES string of the molecule is COBNS(=O)(=O)NCc1ccccc1. The van der Waals surface area contributed by atoms with Crippen molar-refractivity contribution >= 4 is 17.8 Å². The molecule has 5 nitrogen and oxygen atoms in total. The van der Waals surface area contributed by atoms with Crippen LogP contribution >= 0.6 is 0 Å². The molecule has 0 radical (unpaired) electrons. The Morgan fingerprint density at radius 1 is 1.33 bits per heavy atom. The van der Waals surface area contributed by atoms with E-state index in [4.69, 9.17) is 0 Å². The highest BCUT2D eigenvalue weighted by Crippen LogP contribution is 1.97. The van der Waals surface area contributed by atoms with Gasteiger partial charge in [-0.1, -0.05) is 30.3 Å². The van der Waals surface area contributed by atoms with Gasteiger partial charge in [0.2, 0.25) is 0 Å². The summed E-state index contributed by atoms with van der Waals surface area (Å²) < 4.78 is 31.7. The zero-order valence-electron chi connectivity index (χ0n) is 8.43. The Morgan fingerprint density at radius 2 is 2.00 bits per heavy atom. The molecule has 1 aromatic carbocycles. The summed E-state index contributed by atoms with van der Waals surface area (Å²) in [5, 5.41) is 0. The molecular formula is C8H13BN2O3S. The van der Waals surface area contributed by atoms with E-state index in [2.05, 4.69) is 14.0 Å². The Kier molecular flexibility index (Phi) is 4.77. The topological polar surface area (TPSA) is 67.4 Å². The van der Waals surface area contributed by atoms with Crippen molar-refractivity contribution < 1.29 is 13.1 Å². The van der Waals surface area contributed by atoms with Crippen LogP contribution in [0.15, 0.2) is 30.3 Å². The molecule has 0 amide bonds. The molecule has 0 aliphatic carbocycles. The summed E-state index contributed by atoms with van der Waals surface area (Å²) in [6.07, 6.45) is 0. The second-order valence-corrected chi connectivity index (χ2v) is 4.47. The fourth-order valence-electron chi connectivity index (χ4n) is 0.962. The molecule has 2 N–H and O–H groups in total. The molecule has 0 saturated heterocycles. The van der Waals surface area contributed by atoms with E-state index in [1.54, 1.807) is 0 Å². The Hall–Kier alpha value is -0.885. The second-order valence-electron chi connectivity index (χ2n) is 2.89. The summed E-state index contributed by atoms with van der Waals surface area (Å²) in [6.45, 7) is 0.264. The molecule has 0 spiro atoms. The Balaban J connectivity index is 2.43. The minimum atomic E-state index is -3.47. The lowest BCUT2D eigenvalue weighted by molar-refractivity contribution is 0.437. The van der Waals surface area contributed by atoms with Crippen molar-refractivity contribution in [2.45, 2.75) is 6.54 Å². The van der Waals surface area contributed by atoms with E-state index in [0.717, 1.165) is 5.56 Å². The smallest absolute Gasteiger partial charge is 0.375 e. The lowest BCUT2D eigenvalue weighted by Gasteiger charge is -2.06. The number of nitrogens with one attached hydrogen (secondary N) is 2. The van der Waals surface area contributed by atoms with Gasteiger partial charge in [-0.05, 0) is 5.56 Å². The molecule has 0 saturated carbocycles. The van der Waals surface area contributed by atoms with Crippen LogP contribution in [0.3, 0.4) is 0 Å². The summed E-state index contributed by atoms with van der Waals surface area (Å²) in [6, 6.07) is 9.28. The predicted octanol–water partition coefficient (Wildman–Crippen LogP) is -0.476. The fraction of sp³-hybridized carbons (Fsp3) is 0.250. The Labute approximate surface area is 90.3 Å². The molecule has 0 aliphatic heterocycles. The minimum absolute atomic E-state index is 0.0376. The molecule has 0 aromatic heterocycles. The summed E-state index contributed by atoms with van der Waals surface area (Å²) >= 11 is 0. The minimum Gasteiger partial charge on any atom is -0.426 e. The second kappa shape index (κ2) is 5.87. The third-order valence-electron chi connectivity index (χ3n) is 1.70. The van der Waals surface area contributed by atoms with Crippen LogP contribution in [-0.2, 0) is 21.4 Å². The molecule has 7 heteroatoms. The molecule has 1 rings (SSSR count). The highest BCUT2D eigenvalue weighted by atomic mass is 32.2. The van der Waals surface area contributed by atoms with Gasteiger partial charge in [-0.2, -0.15) is 13.1 Å². The molecule has 1 aromatic rings. The number of rotatable bonds is 6. The largest absolute Gasteiger partial charge is 0.426 e. The fourth-order valence-corrected chi connectivity index (χ4v) is 1.69. The molecule has 0 aliphatic rings. The van der Waals surface area contributed by atoms with E-state index in [1.807, 2.05) is 30.3 Å². The van der Waals surface area contributed by atoms with Gasteiger partial charge in [0, 0.05) is 13.7 Å². The average molecular weight is 228 g/mol. The van der Waals surface area contributed by atoms with Gasteiger partial charge in [0.25, 0.3) is 10.2 Å². The first-order valence-electron chi connectivity index (χ1n) is 4.41. The lowest BCUT2D eigenvalue weighted by atomic mass is 10.2. The van der Waals surface area contributed by atoms with E-state index < -0.39 is 10.2 Å². The van der Waals surface area contributed by atoms with Gasteiger partial charge in [-0.3, -0.25) is 0 Å². The van der Waals surface area contributed by atoms with Crippen LogP contribution in [0.5, 0.6) is 0 Å². The van der Waals surface area contributed by atoms with E-state index in [1.165, 1.54) is 7.11 Å². The molecule has 15 heavy (non-hydrogen) atoms.